The molecule has 0 aliphatic rings. The average Bonchev–Trinajstić information content (AvgIpc) is 3.63. The summed E-state index contributed by atoms with van der Waals surface area (Å²) >= 11 is 0. The fourth-order valence-corrected chi connectivity index (χ4v) is 7.19. The number of rotatable bonds is 6. The molecule has 0 radical (unpaired) electrons. The summed E-state index contributed by atoms with van der Waals surface area (Å²) in [7, 11) is 0. The van der Waals surface area contributed by atoms with E-state index in [1.165, 1.54) is 77.4 Å². The predicted octanol–water partition coefficient (Wildman–Crippen LogP) is 13.1. The molecule has 0 aliphatic heterocycles. The monoisotopic (exact) mass is 623 g/mol. The Hall–Kier alpha value is -6.44. The van der Waals surface area contributed by atoms with Gasteiger partial charge in [0.2, 0.25) is 0 Å². The summed E-state index contributed by atoms with van der Waals surface area (Å²) in [5.41, 5.74) is 13.3. The Morgan fingerprint density at radius 1 is 0.265 bits per heavy atom. The Morgan fingerprint density at radius 2 is 0.694 bits per heavy atom. The number of benzene rings is 8. The summed E-state index contributed by atoms with van der Waals surface area (Å²) in [5.74, 6) is 0. The summed E-state index contributed by atoms with van der Waals surface area (Å²) in [5, 5.41) is 5.01. The molecule has 0 amide bonds. The van der Waals surface area contributed by atoms with Crippen LogP contribution in [0.2, 0.25) is 0 Å². The van der Waals surface area contributed by atoms with Gasteiger partial charge in [0.15, 0.2) is 0 Å². The Morgan fingerprint density at radius 3 is 1.18 bits per heavy atom. The van der Waals surface area contributed by atoms with Crippen molar-refractivity contribution in [1.82, 2.24) is 4.57 Å². The summed E-state index contributed by atoms with van der Waals surface area (Å²) in [6.45, 7) is 0. The normalized spacial score (nSPS) is 11.3. The minimum Gasteiger partial charge on any atom is -0.309 e. The lowest BCUT2D eigenvalue weighted by molar-refractivity contribution is 1.10. The maximum Gasteiger partial charge on any atom is 0.0535 e. The second-order valence-corrected chi connectivity index (χ2v) is 12.6. The van der Waals surface area contributed by atoms with Crippen molar-refractivity contribution in [2.24, 2.45) is 0 Å². The fourth-order valence-electron chi connectivity index (χ4n) is 7.19. The Labute approximate surface area is 287 Å². The van der Waals surface area contributed by atoms with E-state index in [0.29, 0.717) is 0 Å². The third-order valence-electron chi connectivity index (χ3n) is 9.62. The van der Waals surface area contributed by atoms with Gasteiger partial charge in [-0.2, -0.15) is 0 Å². The maximum atomic E-state index is 2.38. The number of hydrogen-bond donors (Lipinski definition) is 0. The van der Waals surface area contributed by atoms with Gasteiger partial charge in [-0.3, -0.25) is 0 Å². The van der Waals surface area contributed by atoms with E-state index in [2.05, 4.69) is 205 Å². The van der Waals surface area contributed by atoms with Crippen LogP contribution in [0, 0.1) is 0 Å². The molecular weight excluding hydrogens is 591 g/mol. The third-order valence-corrected chi connectivity index (χ3v) is 9.62. The van der Waals surface area contributed by atoms with Crippen molar-refractivity contribution in [2.45, 2.75) is 0 Å². The van der Waals surface area contributed by atoms with Crippen LogP contribution in [-0.4, -0.2) is 4.57 Å². The van der Waals surface area contributed by atoms with Crippen LogP contribution >= 0.6 is 0 Å². The first-order valence-electron chi connectivity index (χ1n) is 16.8. The molecule has 1 heterocycles. The van der Waals surface area contributed by atoms with E-state index in [1.807, 2.05) is 0 Å². The number of hydrogen-bond acceptors (Lipinski definition) is 0. The van der Waals surface area contributed by atoms with Crippen molar-refractivity contribution in [1.29, 1.82) is 0 Å². The van der Waals surface area contributed by atoms with Crippen molar-refractivity contribution in [2.75, 3.05) is 0 Å². The van der Waals surface area contributed by atoms with Crippen molar-refractivity contribution in [3.63, 3.8) is 0 Å². The van der Waals surface area contributed by atoms with Crippen LogP contribution in [0.5, 0.6) is 0 Å². The molecule has 0 fully saturated rings. The molecule has 49 heavy (non-hydrogen) atoms. The summed E-state index contributed by atoms with van der Waals surface area (Å²) < 4.78 is 2.37. The van der Waals surface area contributed by atoms with Crippen LogP contribution in [0.15, 0.2) is 200 Å². The van der Waals surface area contributed by atoms with Crippen molar-refractivity contribution < 1.29 is 0 Å². The SMILES string of the molecule is c1ccc(-c2ccc(-c3ccccc3)c3cc4cc(-c5ccc(-n6c(-c7ccccc7)ccc6-c6ccccc6)cc5)ccc4cc23)cc1. The maximum absolute atomic E-state index is 2.38. The van der Waals surface area contributed by atoms with Gasteiger partial charge in [-0.15, -0.1) is 0 Å². The van der Waals surface area contributed by atoms with Crippen molar-refractivity contribution in [3.05, 3.63) is 200 Å². The van der Waals surface area contributed by atoms with Crippen LogP contribution in [0.4, 0.5) is 0 Å². The Balaban J connectivity index is 1.15. The zero-order valence-corrected chi connectivity index (χ0v) is 27.0. The van der Waals surface area contributed by atoms with Gasteiger partial charge in [0.1, 0.15) is 0 Å². The highest BCUT2D eigenvalue weighted by atomic mass is 15.0. The van der Waals surface area contributed by atoms with Crippen molar-refractivity contribution >= 4 is 21.5 Å². The first-order valence-corrected chi connectivity index (χ1v) is 16.8. The largest absolute Gasteiger partial charge is 0.309 e. The highest BCUT2D eigenvalue weighted by Gasteiger charge is 2.15. The molecular formula is C48H33N. The van der Waals surface area contributed by atoms with E-state index in [1.54, 1.807) is 0 Å². The smallest absolute Gasteiger partial charge is 0.0535 e. The third kappa shape index (κ3) is 5.32. The minimum absolute atomic E-state index is 1.14. The molecule has 0 aliphatic carbocycles. The number of aromatic nitrogens is 1. The molecule has 9 rings (SSSR count). The standard InChI is InChI=1S/C48H33N/c1-5-13-35(14-6-1)43-27-28-44(36-15-7-2-8-16-36)46-33-41-31-39(21-22-40(41)32-45(43)46)34-23-25-42(26-24-34)49-47(37-17-9-3-10-18-37)29-30-48(49)38-19-11-4-12-20-38/h1-33H. The topological polar surface area (TPSA) is 4.93 Å². The van der Waals surface area contributed by atoms with Gasteiger partial charge in [-0.1, -0.05) is 158 Å². The summed E-state index contributed by atoms with van der Waals surface area (Å²) in [6, 6.07) is 72.4. The van der Waals surface area contributed by atoms with Gasteiger partial charge in [0, 0.05) is 5.69 Å². The lowest BCUT2D eigenvalue weighted by Gasteiger charge is -2.16. The minimum atomic E-state index is 1.14. The molecule has 0 spiro atoms. The lowest BCUT2D eigenvalue weighted by Crippen LogP contribution is -1.99. The molecule has 0 unspecified atom stereocenters. The van der Waals surface area contributed by atoms with Gasteiger partial charge in [-0.25, -0.2) is 0 Å². The lowest BCUT2D eigenvalue weighted by atomic mass is 9.89. The molecule has 8 aromatic carbocycles. The molecule has 9 aromatic rings. The average molecular weight is 624 g/mol. The van der Waals surface area contributed by atoms with Crippen molar-refractivity contribution in [3.8, 4) is 61.6 Å². The van der Waals surface area contributed by atoms with Gasteiger partial charge in [-0.05, 0) is 109 Å². The summed E-state index contributed by atoms with van der Waals surface area (Å²) in [4.78, 5) is 0. The second-order valence-electron chi connectivity index (χ2n) is 12.6. The predicted molar refractivity (Wildman–Crippen MR) is 208 cm³/mol. The van der Waals surface area contributed by atoms with Crippen LogP contribution in [0.25, 0.3) is 83.1 Å². The molecule has 1 heteroatoms. The van der Waals surface area contributed by atoms with E-state index in [9.17, 15) is 0 Å². The van der Waals surface area contributed by atoms with Gasteiger partial charge < -0.3 is 4.57 Å². The van der Waals surface area contributed by atoms with Crippen LogP contribution in [0.3, 0.4) is 0 Å². The summed E-state index contributed by atoms with van der Waals surface area (Å²) in [6.07, 6.45) is 0. The zero-order chi connectivity index (χ0) is 32.6. The quantitative estimate of drug-likeness (QED) is 0.162. The van der Waals surface area contributed by atoms with Gasteiger partial charge >= 0.3 is 0 Å². The molecule has 0 saturated carbocycles. The van der Waals surface area contributed by atoms with E-state index in [4.69, 9.17) is 0 Å². The molecule has 1 aromatic heterocycles. The Bertz CT molecular complexity index is 2490. The highest BCUT2D eigenvalue weighted by molar-refractivity contribution is 6.11. The Kier molecular flexibility index (Phi) is 7.22. The van der Waals surface area contributed by atoms with E-state index < -0.39 is 0 Å². The molecule has 0 atom stereocenters. The van der Waals surface area contributed by atoms with E-state index >= 15 is 0 Å². The van der Waals surface area contributed by atoms with Crippen LogP contribution < -0.4 is 0 Å². The first-order chi connectivity index (χ1) is 24.3. The molecule has 0 bridgehead atoms. The van der Waals surface area contributed by atoms with Crippen LogP contribution in [-0.2, 0) is 0 Å². The zero-order valence-electron chi connectivity index (χ0n) is 27.0. The van der Waals surface area contributed by atoms with E-state index in [-0.39, 0.29) is 0 Å². The van der Waals surface area contributed by atoms with Crippen LogP contribution in [0.1, 0.15) is 0 Å². The molecule has 0 N–H and O–H groups in total. The molecule has 0 saturated heterocycles. The van der Waals surface area contributed by atoms with Gasteiger partial charge in [0.25, 0.3) is 0 Å². The van der Waals surface area contributed by atoms with E-state index in [0.717, 1.165) is 5.69 Å². The number of nitrogens with zero attached hydrogens (tertiary/aromatic N) is 1. The number of fused-ring (bicyclic) bond motifs is 2. The molecule has 1 nitrogen and oxygen atoms in total. The highest BCUT2D eigenvalue weighted by Crippen LogP contribution is 2.39. The molecule has 230 valence electrons. The first kappa shape index (κ1) is 28.8. The second kappa shape index (κ2) is 12.3. The van der Waals surface area contributed by atoms with Gasteiger partial charge in [0.05, 0.1) is 11.4 Å². The fraction of sp³-hybridized carbons (Fsp3) is 0.